The lowest BCUT2D eigenvalue weighted by Gasteiger charge is -2.21. The van der Waals surface area contributed by atoms with Crippen LogP contribution in [0.25, 0.3) is 0 Å². The second kappa shape index (κ2) is 8.34. The molecule has 0 fully saturated rings. The van der Waals surface area contributed by atoms with Crippen molar-refractivity contribution in [3.8, 4) is 0 Å². The van der Waals surface area contributed by atoms with Gasteiger partial charge in [0.2, 0.25) is 0 Å². The number of hydrogen-bond donors (Lipinski definition) is 2. The van der Waals surface area contributed by atoms with Crippen molar-refractivity contribution in [3.63, 3.8) is 0 Å². The zero-order valence-electron chi connectivity index (χ0n) is 12.8. The van der Waals surface area contributed by atoms with Gasteiger partial charge in [-0.05, 0) is 25.8 Å². The zero-order chi connectivity index (χ0) is 15.8. The van der Waals surface area contributed by atoms with E-state index in [0.29, 0.717) is 13.0 Å². The number of amides is 2. The van der Waals surface area contributed by atoms with Crippen molar-refractivity contribution in [2.24, 2.45) is 5.92 Å². The van der Waals surface area contributed by atoms with Gasteiger partial charge in [0, 0.05) is 18.7 Å². The van der Waals surface area contributed by atoms with Gasteiger partial charge in [-0.15, -0.1) is 0 Å². The first-order valence-corrected chi connectivity index (χ1v) is 7.15. The molecule has 0 aliphatic carbocycles. The number of carboxylic acids is 1. The van der Waals surface area contributed by atoms with Crippen LogP contribution in [0.4, 0.5) is 4.79 Å². The lowest BCUT2D eigenvalue weighted by atomic mass is 10.0. The highest BCUT2D eigenvalue weighted by Gasteiger charge is 2.14. The molecule has 0 aromatic carbocycles. The molecule has 1 aromatic heterocycles. The van der Waals surface area contributed by atoms with Crippen molar-refractivity contribution in [1.82, 2.24) is 10.2 Å². The summed E-state index contributed by atoms with van der Waals surface area (Å²) in [6.07, 6.45) is 5.36. The van der Waals surface area contributed by atoms with Crippen LogP contribution < -0.4 is 5.32 Å². The van der Waals surface area contributed by atoms with E-state index in [2.05, 4.69) is 5.32 Å². The lowest BCUT2D eigenvalue weighted by Crippen LogP contribution is -2.41. The van der Waals surface area contributed by atoms with Crippen LogP contribution in [0.2, 0.25) is 0 Å². The van der Waals surface area contributed by atoms with E-state index in [9.17, 15) is 9.59 Å². The fourth-order valence-corrected chi connectivity index (χ4v) is 1.98. The third-order valence-electron chi connectivity index (χ3n) is 3.41. The van der Waals surface area contributed by atoms with Gasteiger partial charge < -0.3 is 19.7 Å². The smallest absolute Gasteiger partial charge is 0.317 e. The summed E-state index contributed by atoms with van der Waals surface area (Å²) in [6, 6.07) is 1.70. The van der Waals surface area contributed by atoms with E-state index in [1.165, 1.54) is 0 Å². The predicted molar refractivity (Wildman–Crippen MR) is 78.8 cm³/mol. The number of furan rings is 1. The molecule has 2 amide bonds. The van der Waals surface area contributed by atoms with Gasteiger partial charge in [-0.3, -0.25) is 4.79 Å². The maximum absolute atomic E-state index is 12.0. The molecule has 0 radical (unpaired) electrons. The molecule has 0 bridgehead atoms. The summed E-state index contributed by atoms with van der Waals surface area (Å²) < 4.78 is 4.96. The highest BCUT2D eigenvalue weighted by atomic mass is 16.4. The van der Waals surface area contributed by atoms with Crippen molar-refractivity contribution in [3.05, 3.63) is 24.2 Å². The third kappa shape index (κ3) is 6.33. The Bertz CT molecular complexity index is 445. The Kier molecular flexibility index (Phi) is 6.78. The standard InChI is InChI=1S/C15H24N2O4/c1-11(14(18)19)5-4-6-12(2)16-15(20)17(3)9-13-7-8-21-10-13/h7-8,10-12H,4-6,9H2,1-3H3,(H,16,20)(H,18,19). The van der Waals surface area contributed by atoms with Gasteiger partial charge in [0.25, 0.3) is 0 Å². The molecule has 6 nitrogen and oxygen atoms in total. The Morgan fingerprint density at radius 3 is 2.67 bits per heavy atom. The second-order valence-electron chi connectivity index (χ2n) is 5.51. The maximum atomic E-state index is 12.0. The van der Waals surface area contributed by atoms with Crippen molar-refractivity contribution in [2.45, 2.75) is 45.7 Å². The molecule has 0 saturated carbocycles. The quantitative estimate of drug-likeness (QED) is 0.772. The normalized spacial score (nSPS) is 13.5. The average molecular weight is 296 g/mol. The number of rotatable bonds is 8. The van der Waals surface area contributed by atoms with Crippen molar-refractivity contribution >= 4 is 12.0 Å². The van der Waals surface area contributed by atoms with E-state index in [1.54, 1.807) is 31.4 Å². The lowest BCUT2D eigenvalue weighted by molar-refractivity contribution is -0.141. The predicted octanol–water partition coefficient (Wildman–Crippen LogP) is 2.70. The van der Waals surface area contributed by atoms with Crippen LogP contribution >= 0.6 is 0 Å². The topological polar surface area (TPSA) is 82.8 Å². The summed E-state index contributed by atoms with van der Waals surface area (Å²) in [5.41, 5.74) is 0.940. The first kappa shape index (κ1) is 17.1. The van der Waals surface area contributed by atoms with Gasteiger partial charge in [0.1, 0.15) is 0 Å². The SMILES string of the molecule is CC(CCCC(C)C(=O)O)NC(=O)N(C)Cc1ccoc1. The molecule has 1 heterocycles. The van der Waals surface area contributed by atoms with Crippen LogP contribution in [0.1, 0.15) is 38.7 Å². The fourth-order valence-electron chi connectivity index (χ4n) is 1.98. The van der Waals surface area contributed by atoms with Gasteiger partial charge >= 0.3 is 12.0 Å². The van der Waals surface area contributed by atoms with Gasteiger partial charge in [-0.25, -0.2) is 4.79 Å². The van der Waals surface area contributed by atoms with Gasteiger partial charge in [-0.1, -0.05) is 13.3 Å². The first-order chi connectivity index (χ1) is 9.90. The number of carboxylic acid groups (broad SMARTS) is 1. The van der Waals surface area contributed by atoms with E-state index in [0.717, 1.165) is 18.4 Å². The molecule has 0 saturated heterocycles. The van der Waals surface area contributed by atoms with Crippen LogP contribution in [0, 0.1) is 5.92 Å². The molecule has 0 aliphatic rings. The fraction of sp³-hybridized carbons (Fsp3) is 0.600. The Balaban J connectivity index is 2.25. The number of urea groups is 1. The van der Waals surface area contributed by atoms with E-state index in [4.69, 9.17) is 9.52 Å². The Labute approximate surface area is 125 Å². The van der Waals surface area contributed by atoms with Crippen LogP contribution in [0.3, 0.4) is 0 Å². The summed E-state index contributed by atoms with van der Waals surface area (Å²) in [6.45, 7) is 4.12. The number of hydrogen-bond acceptors (Lipinski definition) is 3. The van der Waals surface area contributed by atoms with Crippen LogP contribution in [-0.4, -0.2) is 35.1 Å². The molecule has 0 spiro atoms. The number of aliphatic carboxylic acids is 1. The van der Waals surface area contributed by atoms with Crippen molar-refractivity contribution in [1.29, 1.82) is 0 Å². The first-order valence-electron chi connectivity index (χ1n) is 7.15. The monoisotopic (exact) mass is 296 g/mol. The molecule has 2 unspecified atom stereocenters. The number of carbonyl (C=O) groups excluding carboxylic acids is 1. The summed E-state index contributed by atoms with van der Waals surface area (Å²) in [4.78, 5) is 24.3. The van der Waals surface area contributed by atoms with E-state index in [1.807, 2.05) is 13.0 Å². The molecular formula is C15H24N2O4. The average Bonchev–Trinajstić information content (AvgIpc) is 2.91. The van der Waals surface area contributed by atoms with Crippen LogP contribution in [0.5, 0.6) is 0 Å². The van der Waals surface area contributed by atoms with Crippen LogP contribution in [0.15, 0.2) is 23.0 Å². The van der Waals surface area contributed by atoms with Crippen molar-refractivity contribution < 1.29 is 19.1 Å². The molecular weight excluding hydrogens is 272 g/mol. The van der Waals surface area contributed by atoms with Crippen LogP contribution in [-0.2, 0) is 11.3 Å². The molecule has 2 N–H and O–H groups in total. The van der Waals surface area contributed by atoms with E-state index in [-0.39, 0.29) is 18.0 Å². The molecule has 0 aliphatic heterocycles. The highest BCUT2D eigenvalue weighted by Crippen LogP contribution is 2.10. The minimum Gasteiger partial charge on any atom is -0.481 e. The zero-order valence-corrected chi connectivity index (χ0v) is 12.8. The van der Waals surface area contributed by atoms with E-state index >= 15 is 0 Å². The second-order valence-corrected chi connectivity index (χ2v) is 5.51. The van der Waals surface area contributed by atoms with Gasteiger partial charge in [0.15, 0.2) is 0 Å². The Morgan fingerprint density at radius 1 is 1.38 bits per heavy atom. The molecule has 6 heteroatoms. The largest absolute Gasteiger partial charge is 0.481 e. The van der Waals surface area contributed by atoms with E-state index < -0.39 is 5.97 Å². The number of nitrogens with zero attached hydrogens (tertiary/aromatic N) is 1. The minimum atomic E-state index is -0.772. The van der Waals surface area contributed by atoms with Gasteiger partial charge in [0.05, 0.1) is 25.0 Å². The number of carbonyl (C=O) groups is 2. The Hall–Kier alpha value is -1.98. The summed E-state index contributed by atoms with van der Waals surface area (Å²) in [5.74, 6) is -1.11. The molecule has 2 atom stereocenters. The molecule has 1 rings (SSSR count). The summed E-state index contributed by atoms with van der Waals surface area (Å²) in [5, 5.41) is 11.7. The molecule has 1 aromatic rings. The highest BCUT2D eigenvalue weighted by molar-refractivity contribution is 5.74. The maximum Gasteiger partial charge on any atom is 0.317 e. The van der Waals surface area contributed by atoms with Crippen molar-refractivity contribution in [2.75, 3.05) is 7.05 Å². The van der Waals surface area contributed by atoms with Gasteiger partial charge in [-0.2, -0.15) is 0 Å². The summed E-state index contributed by atoms with van der Waals surface area (Å²) >= 11 is 0. The summed E-state index contributed by atoms with van der Waals surface area (Å²) in [7, 11) is 1.72. The molecule has 21 heavy (non-hydrogen) atoms. The minimum absolute atomic E-state index is 0.0188. The number of nitrogens with one attached hydrogen (secondary N) is 1. The Morgan fingerprint density at radius 2 is 2.10 bits per heavy atom. The molecule has 118 valence electrons. The third-order valence-corrected chi connectivity index (χ3v) is 3.41.